The largest absolute Gasteiger partial charge is 1.00 e. The molecule has 1 atom stereocenters. The van der Waals surface area contributed by atoms with Gasteiger partial charge in [-0.15, -0.1) is 0 Å². The maximum atomic E-state index is 9.96. The molecule has 9 heavy (non-hydrogen) atoms. The van der Waals surface area contributed by atoms with Gasteiger partial charge in [0.1, 0.15) is 6.26 Å². The fraction of sp³-hybridized carbons (Fsp3) is 0. The summed E-state index contributed by atoms with van der Waals surface area (Å²) >= 11 is -2.20. The summed E-state index contributed by atoms with van der Waals surface area (Å²) in [6.07, 6.45) is 2.19. The molecule has 44 valence electrons. The molecule has 0 fully saturated rings. The summed E-state index contributed by atoms with van der Waals surface area (Å²) in [5.41, 5.74) is 0. The standard InChI is InChI=1S/C3H3NO3S.Na/c5-8(6)3-1-4-7-2-3;/h1-2H,(H,5,6);/q;+1/p-1. The van der Waals surface area contributed by atoms with Crippen LogP contribution in [0.15, 0.2) is 21.9 Å². The van der Waals surface area contributed by atoms with Crippen LogP contribution in [0.1, 0.15) is 0 Å². The molecular formula is C3H2NNaO3S. The third-order valence-electron chi connectivity index (χ3n) is 0.602. The van der Waals surface area contributed by atoms with E-state index >= 15 is 0 Å². The quantitative estimate of drug-likeness (QED) is 0.318. The van der Waals surface area contributed by atoms with E-state index in [1.54, 1.807) is 0 Å². The van der Waals surface area contributed by atoms with Crippen LogP contribution < -0.4 is 29.6 Å². The molecule has 6 heteroatoms. The van der Waals surface area contributed by atoms with Crippen molar-refractivity contribution in [2.45, 2.75) is 4.90 Å². The van der Waals surface area contributed by atoms with E-state index in [1.165, 1.54) is 0 Å². The molecule has 0 saturated heterocycles. The molecule has 4 nitrogen and oxygen atoms in total. The molecule has 0 aromatic carbocycles. The van der Waals surface area contributed by atoms with Crippen molar-refractivity contribution in [3.63, 3.8) is 0 Å². The molecule has 1 unspecified atom stereocenters. The zero-order valence-electron chi connectivity index (χ0n) is 4.73. The third kappa shape index (κ3) is 2.59. The Morgan fingerprint density at radius 2 is 2.44 bits per heavy atom. The summed E-state index contributed by atoms with van der Waals surface area (Å²) in [7, 11) is 0. The normalized spacial score (nSPS) is 12.1. The summed E-state index contributed by atoms with van der Waals surface area (Å²) in [5.74, 6) is 0. The molecule has 1 heterocycles. The van der Waals surface area contributed by atoms with Gasteiger partial charge in [-0.25, -0.2) is 0 Å². The van der Waals surface area contributed by atoms with Crippen LogP contribution in [0.2, 0.25) is 0 Å². The molecule has 1 rings (SSSR count). The number of rotatable bonds is 1. The molecule has 0 aliphatic carbocycles. The molecule has 0 amide bonds. The van der Waals surface area contributed by atoms with E-state index in [-0.39, 0.29) is 34.5 Å². The van der Waals surface area contributed by atoms with Crippen molar-refractivity contribution in [3.05, 3.63) is 12.5 Å². The average molecular weight is 155 g/mol. The van der Waals surface area contributed by atoms with Crippen molar-refractivity contribution < 1.29 is 42.8 Å². The summed E-state index contributed by atoms with van der Waals surface area (Å²) in [4.78, 5) is 0.0741. The van der Waals surface area contributed by atoms with E-state index in [9.17, 15) is 8.76 Å². The monoisotopic (exact) mass is 155 g/mol. The van der Waals surface area contributed by atoms with Gasteiger partial charge in [-0.3, -0.25) is 4.21 Å². The van der Waals surface area contributed by atoms with Gasteiger partial charge in [-0.05, 0) is 11.1 Å². The van der Waals surface area contributed by atoms with Gasteiger partial charge in [0.05, 0.1) is 11.1 Å². The molecule has 0 saturated carbocycles. The summed E-state index contributed by atoms with van der Waals surface area (Å²) in [6.45, 7) is 0. The Morgan fingerprint density at radius 1 is 1.78 bits per heavy atom. The maximum absolute atomic E-state index is 9.96. The number of hydrogen-bond acceptors (Lipinski definition) is 4. The van der Waals surface area contributed by atoms with Gasteiger partial charge in [0.15, 0.2) is 0 Å². The summed E-state index contributed by atoms with van der Waals surface area (Å²) < 4.78 is 24.2. The van der Waals surface area contributed by atoms with E-state index in [2.05, 4.69) is 9.68 Å². The van der Waals surface area contributed by atoms with Crippen molar-refractivity contribution in [1.82, 2.24) is 5.16 Å². The van der Waals surface area contributed by atoms with Crippen LogP contribution >= 0.6 is 0 Å². The van der Waals surface area contributed by atoms with E-state index in [0.29, 0.717) is 0 Å². The van der Waals surface area contributed by atoms with Gasteiger partial charge < -0.3 is 9.08 Å². The van der Waals surface area contributed by atoms with E-state index in [1.807, 2.05) is 0 Å². The number of nitrogens with zero attached hydrogens (tertiary/aromatic N) is 1. The van der Waals surface area contributed by atoms with Crippen molar-refractivity contribution in [3.8, 4) is 0 Å². The third-order valence-corrected chi connectivity index (χ3v) is 1.19. The number of aromatic nitrogens is 1. The Kier molecular flexibility index (Phi) is 4.33. The first-order valence-electron chi connectivity index (χ1n) is 1.79. The topological polar surface area (TPSA) is 66.2 Å². The molecule has 0 N–H and O–H groups in total. The van der Waals surface area contributed by atoms with Crippen LogP contribution in [-0.4, -0.2) is 13.9 Å². The van der Waals surface area contributed by atoms with Crippen molar-refractivity contribution in [2.75, 3.05) is 0 Å². The second-order valence-corrected chi connectivity index (χ2v) is 2.04. The van der Waals surface area contributed by atoms with Gasteiger partial charge in [0.2, 0.25) is 0 Å². The van der Waals surface area contributed by atoms with E-state index in [4.69, 9.17) is 0 Å². The predicted molar refractivity (Wildman–Crippen MR) is 23.7 cm³/mol. The molecule has 0 aliphatic heterocycles. The van der Waals surface area contributed by atoms with Crippen LogP contribution in [0, 0.1) is 0 Å². The summed E-state index contributed by atoms with van der Waals surface area (Å²) in [6, 6.07) is 0. The Bertz CT molecular complexity index is 187. The van der Waals surface area contributed by atoms with Gasteiger partial charge in [0, 0.05) is 0 Å². The average Bonchev–Trinajstić information content (AvgIpc) is 2.12. The van der Waals surface area contributed by atoms with Crippen LogP contribution in [0.3, 0.4) is 0 Å². The molecule has 1 aromatic rings. The van der Waals surface area contributed by atoms with E-state index in [0.717, 1.165) is 12.5 Å². The Morgan fingerprint density at radius 3 is 2.67 bits per heavy atom. The first kappa shape index (κ1) is 9.32. The van der Waals surface area contributed by atoms with Gasteiger partial charge in [-0.2, -0.15) is 0 Å². The van der Waals surface area contributed by atoms with Gasteiger partial charge in [-0.1, -0.05) is 5.16 Å². The van der Waals surface area contributed by atoms with Gasteiger partial charge >= 0.3 is 29.6 Å². The zero-order valence-corrected chi connectivity index (χ0v) is 7.55. The predicted octanol–water partition coefficient (Wildman–Crippen LogP) is -3.08. The van der Waals surface area contributed by atoms with Crippen LogP contribution in [0.4, 0.5) is 0 Å². The fourth-order valence-electron chi connectivity index (χ4n) is 0.277. The SMILES string of the molecule is O=S([O-])c1cnoc1.[Na+]. The minimum Gasteiger partial charge on any atom is -0.768 e. The second kappa shape index (κ2) is 4.19. The Labute approximate surface area is 76.2 Å². The maximum Gasteiger partial charge on any atom is 1.00 e. The number of hydrogen-bond donors (Lipinski definition) is 0. The van der Waals surface area contributed by atoms with Crippen molar-refractivity contribution >= 4 is 11.1 Å². The molecule has 0 radical (unpaired) electrons. The zero-order chi connectivity index (χ0) is 5.98. The molecular weight excluding hydrogens is 153 g/mol. The molecule has 0 bridgehead atoms. The van der Waals surface area contributed by atoms with Gasteiger partial charge in [0.25, 0.3) is 0 Å². The van der Waals surface area contributed by atoms with Crippen LogP contribution in [-0.2, 0) is 11.1 Å². The first-order valence-corrected chi connectivity index (χ1v) is 2.87. The van der Waals surface area contributed by atoms with Crippen molar-refractivity contribution in [2.24, 2.45) is 0 Å². The van der Waals surface area contributed by atoms with Crippen LogP contribution in [0.25, 0.3) is 0 Å². The Hall–Kier alpha value is 0.320. The Balaban J connectivity index is 0.000000640. The first-order chi connectivity index (χ1) is 3.80. The van der Waals surface area contributed by atoms with E-state index < -0.39 is 11.1 Å². The van der Waals surface area contributed by atoms with Crippen LogP contribution in [0.5, 0.6) is 0 Å². The molecule has 0 spiro atoms. The summed E-state index contributed by atoms with van der Waals surface area (Å²) in [5, 5.41) is 3.18. The van der Waals surface area contributed by atoms with Crippen molar-refractivity contribution in [1.29, 1.82) is 0 Å². The molecule has 0 aliphatic rings. The second-order valence-electron chi connectivity index (χ2n) is 1.09. The fourth-order valence-corrected chi connectivity index (χ4v) is 0.528. The minimum absolute atomic E-state index is 0. The molecule has 1 aromatic heterocycles. The minimum atomic E-state index is -2.20. The smallest absolute Gasteiger partial charge is 0.768 e.